The zero-order valence-electron chi connectivity index (χ0n) is 12.2. The van der Waals surface area contributed by atoms with Crippen LogP contribution in [0, 0.1) is 11.3 Å². The van der Waals surface area contributed by atoms with Crippen molar-refractivity contribution in [3.63, 3.8) is 0 Å². The van der Waals surface area contributed by atoms with Crippen molar-refractivity contribution in [1.82, 2.24) is 9.55 Å². The molecule has 2 aromatic rings. The molecule has 1 aliphatic rings. The molecule has 0 amide bonds. The minimum absolute atomic E-state index is 0.0644. The van der Waals surface area contributed by atoms with E-state index in [2.05, 4.69) is 6.07 Å². The zero-order chi connectivity index (χ0) is 15.0. The second-order valence-electron chi connectivity index (χ2n) is 5.22. The number of aromatic nitrogens is 2. The molecule has 0 saturated heterocycles. The summed E-state index contributed by atoms with van der Waals surface area (Å²) in [6.45, 7) is 4.38. The average molecular weight is 319 g/mol. The van der Waals surface area contributed by atoms with Crippen LogP contribution in [0.15, 0.2) is 9.95 Å². The van der Waals surface area contributed by atoms with Gasteiger partial charge in [-0.25, -0.2) is 4.98 Å². The van der Waals surface area contributed by atoms with Crippen molar-refractivity contribution < 1.29 is 0 Å². The maximum atomic E-state index is 12.8. The molecule has 3 rings (SSSR count). The second kappa shape index (κ2) is 5.82. The summed E-state index contributed by atoms with van der Waals surface area (Å²) >= 11 is 3.03. The lowest BCUT2D eigenvalue weighted by Crippen LogP contribution is -2.23. The van der Waals surface area contributed by atoms with Gasteiger partial charge in [0, 0.05) is 11.4 Å². The normalized spacial score (nSPS) is 15.7. The number of thioether (sulfide) groups is 1. The Labute approximate surface area is 131 Å². The largest absolute Gasteiger partial charge is 0.287 e. The zero-order valence-corrected chi connectivity index (χ0v) is 13.8. The first-order chi connectivity index (χ1) is 10.2. The lowest BCUT2D eigenvalue weighted by molar-refractivity contribution is 0.633. The molecule has 0 radical (unpaired) electrons. The number of fused-ring (bicyclic) bond motifs is 3. The van der Waals surface area contributed by atoms with Gasteiger partial charge in [0.2, 0.25) is 0 Å². The standard InChI is InChI=1S/C15H17N3OS2/c1-3-18-14(19)12-10-6-4-5-7-11(10)21-13(12)17-15(18)20-9(2)8-16/h9H,3-7H2,1-2H3. The van der Waals surface area contributed by atoms with E-state index in [0.717, 1.165) is 29.5 Å². The fourth-order valence-corrected chi connectivity index (χ4v) is 4.93. The fraction of sp³-hybridized carbons (Fsp3) is 0.533. The predicted molar refractivity (Wildman–Crippen MR) is 87.1 cm³/mol. The number of aryl methyl sites for hydroxylation is 2. The van der Waals surface area contributed by atoms with Crippen molar-refractivity contribution >= 4 is 33.3 Å². The summed E-state index contributed by atoms with van der Waals surface area (Å²) in [5.74, 6) is 0. The molecular formula is C15H17N3OS2. The van der Waals surface area contributed by atoms with Crippen LogP contribution in [0.3, 0.4) is 0 Å². The summed E-state index contributed by atoms with van der Waals surface area (Å²) in [6, 6.07) is 2.19. The molecule has 0 fully saturated rings. The van der Waals surface area contributed by atoms with Gasteiger partial charge in [-0.2, -0.15) is 5.26 Å². The SMILES string of the molecule is CCn1c(SC(C)C#N)nc2sc3c(c2c1=O)CCCC3. The number of hydrogen-bond acceptors (Lipinski definition) is 5. The van der Waals surface area contributed by atoms with Crippen LogP contribution >= 0.6 is 23.1 Å². The quantitative estimate of drug-likeness (QED) is 0.643. The van der Waals surface area contributed by atoms with Crippen molar-refractivity contribution in [2.24, 2.45) is 0 Å². The molecule has 0 saturated carbocycles. The minimum atomic E-state index is -0.207. The number of rotatable bonds is 3. The van der Waals surface area contributed by atoms with Gasteiger partial charge in [-0.3, -0.25) is 9.36 Å². The van der Waals surface area contributed by atoms with E-state index < -0.39 is 0 Å². The summed E-state index contributed by atoms with van der Waals surface area (Å²) in [5.41, 5.74) is 1.29. The third kappa shape index (κ3) is 2.49. The molecule has 2 heterocycles. The molecule has 6 heteroatoms. The smallest absolute Gasteiger partial charge is 0.263 e. The summed E-state index contributed by atoms with van der Waals surface area (Å²) in [5, 5.41) is 10.3. The van der Waals surface area contributed by atoms with E-state index in [0.29, 0.717) is 11.7 Å². The highest BCUT2D eigenvalue weighted by molar-refractivity contribution is 8.00. The van der Waals surface area contributed by atoms with E-state index in [4.69, 9.17) is 10.2 Å². The van der Waals surface area contributed by atoms with Gasteiger partial charge < -0.3 is 0 Å². The monoisotopic (exact) mass is 319 g/mol. The van der Waals surface area contributed by atoms with Gasteiger partial charge in [-0.05, 0) is 45.1 Å². The van der Waals surface area contributed by atoms with E-state index in [-0.39, 0.29) is 10.8 Å². The van der Waals surface area contributed by atoms with E-state index in [9.17, 15) is 4.79 Å². The fourth-order valence-electron chi connectivity index (χ4n) is 2.77. The Hall–Kier alpha value is -1.32. The Bertz CT molecular complexity index is 785. The maximum Gasteiger partial charge on any atom is 0.263 e. The average Bonchev–Trinajstić information content (AvgIpc) is 2.85. The Morgan fingerprint density at radius 3 is 2.95 bits per heavy atom. The van der Waals surface area contributed by atoms with Gasteiger partial charge in [0.1, 0.15) is 4.83 Å². The van der Waals surface area contributed by atoms with Gasteiger partial charge in [-0.1, -0.05) is 11.8 Å². The lowest BCUT2D eigenvalue weighted by atomic mass is 9.97. The Morgan fingerprint density at radius 1 is 1.48 bits per heavy atom. The van der Waals surface area contributed by atoms with Crippen LogP contribution in [0.4, 0.5) is 0 Å². The van der Waals surface area contributed by atoms with Gasteiger partial charge in [0.25, 0.3) is 5.56 Å². The molecule has 0 bridgehead atoms. The molecule has 0 aliphatic heterocycles. The minimum Gasteiger partial charge on any atom is -0.287 e. The number of hydrogen-bond donors (Lipinski definition) is 0. The van der Waals surface area contributed by atoms with Gasteiger partial charge >= 0.3 is 0 Å². The van der Waals surface area contributed by atoms with Crippen LogP contribution in [0.5, 0.6) is 0 Å². The Balaban J connectivity index is 2.23. The van der Waals surface area contributed by atoms with E-state index in [1.807, 2.05) is 13.8 Å². The first-order valence-electron chi connectivity index (χ1n) is 7.27. The maximum absolute atomic E-state index is 12.8. The highest BCUT2D eigenvalue weighted by Gasteiger charge is 2.22. The second-order valence-corrected chi connectivity index (χ2v) is 7.62. The third-order valence-electron chi connectivity index (χ3n) is 3.82. The summed E-state index contributed by atoms with van der Waals surface area (Å²) < 4.78 is 1.71. The summed E-state index contributed by atoms with van der Waals surface area (Å²) in [6.07, 6.45) is 4.43. The molecule has 1 aliphatic carbocycles. The van der Waals surface area contributed by atoms with Crippen LogP contribution in [-0.2, 0) is 19.4 Å². The molecular weight excluding hydrogens is 302 g/mol. The number of nitriles is 1. The highest BCUT2D eigenvalue weighted by atomic mass is 32.2. The van der Waals surface area contributed by atoms with E-state index >= 15 is 0 Å². The molecule has 0 N–H and O–H groups in total. The van der Waals surface area contributed by atoms with Crippen LogP contribution in [0.25, 0.3) is 10.2 Å². The molecule has 0 spiro atoms. The molecule has 110 valence electrons. The van der Waals surface area contributed by atoms with Crippen molar-refractivity contribution in [2.45, 2.75) is 56.5 Å². The molecule has 2 aromatic heterocycles. The van der Waals surface area contributed by atoms with Gasteiger partial charge in [0.05, 0.1) is 16.7 Å². The molecule has 21 heavy (non-hydrogen) atoms. The van der Waals surface area contributed by atoms with E-state index in [1.54, 1.807) is 15.9 Å². The molecule has 0 aromatic carbocycles. The van der Waals surface area contributed by atoms with Crippen LogP contribution < -0.4 is 5.56 Å². The topological polar surface area (TPSA) is 58.7 Å². The summed E-state index contributed by atoms with van der Waals surface area (Å²) in [4.78, 5) is 19.7. The predicted octanol–water partition coefficient (Wildman–Crippen LogP) is 3.36. The summed E-state index contributed by atoms with van der Waals surface area (Å²) in [7, 11) is 0. The van der Waals surface area contributed by atoms with Crippen LogP contribution in [0.1, 0.15) is 37.1 Å². The van der Waals surface area contributed by atoms with Gasteiger partial charge in [-0.15, -0.1) is 11.3 Å². The molecule has 1 atom stereocenters. The lowest BCUT2D eigenvalue weighted by Gasteiger charge is -2.12. The molecule has 4 nitrogen and oxygen atoms in total. The van der Waals surface area contributed by atoms with Crippen molar-refractivity contribution in [3.05, 3.63) is 20.8 Å². The molecule has 1 unspecified atom stereocenters. The third-order valence-corrected chi connectivity index (χ3v) is 5.99. The first kappa shape index (κ1) is 14.6. The Morgan fingerprint density at radius 2 is 2.24 bits per heavy atom. The van der Waals surface area contributed by atoms with Crippen LogP contribution in [0.2, 0.25) is 0 Å². The number of nitrogens with zero attached hydrogens (tertiary/aromatic N) is 3. The van der Waals surface area contributed by atoms with Crippen molar-refractivity contribution in [3.8, 4) is 6.07 Å². The van der Waals surface area contributed by atoms with Crippen molar-refractivity contribution in [2.75, 3.05) is 0 Å². The van der Waals surface area contributed by atoms with Gasteiger partial charge in [0.15, 0.2) is 5.16 Å². The first-order valence-corrected chi connectivity index (χ1v) is 8.96. The Kier molecular flexibility index (Phi) is 4.05. The van der Waals surface area contributed by atoms with Crippen molar-refractivity contribution in [1.29, 1.82) is 5.26 Å². The van der Waals surface area contributed by atoms with Crippen LogP contribution in [-0.4, -0.2) is 14.8 Å². The van der Waals surface area contributed by atoms with E-state index in [1.165, 1.54) is 28.6 Å². The number of thiophene rings is 1. The highest BCUT2D eigenvalue weighted by Crippen LogP contribution is 2.35.